The Morgan fingerprint density at radius 1 is 0.315 bits per heavy atom. The Labute approximate surface area is 655 Å². The van der Waals surface area contributed by atoms with Crippen LogP contribution >= 0.6 is 0 Å². The van der Waals surface area contributed by atoms with Crippen molar-refractivity contribution in [2.45, 2.75) is 315 Å². The minimum absolute atomic E-state index is 0.0124. The van der Waals surface area contributed by atoms with Crippen molar-refractivity contribution in [1.82, 2.24) is 53.9 Å². The number of nitrogens with zero attached hydrogens (tertiary/aromatic N) is 11. The number of likely N-dealkylation sites (tertiary alicyclic amines) is 7. The third kappa shape index (κ3) is 22.5. The van der Waals surface area contributed by atoms with Crippen molar-refractivity contribution in [1.29, 1.82) is 0 Å². The number of amides is 11. The molecule has 9 fully saturated rings. The summed E-state index contributed by atoms with van der Waals surface area (Å²) in [6.45, 7) is 21.0. The lowest BCUT2D eigenvalue weighted by molar-refractivity contribution is -0.163. The summed E-state index contributed by atoms with van der Waals surface area (Å²) in [7, 11) is 0. The maximum absolute atomic E-state index is 16.2. The Morgan fingerprint density at radius 2 is 0.586 bits per heavy atom. The van der Waals surface area contributed by atoms with Crippen LogP contribution < -0.4 is 0 Å². The zero-order chi connectivity index (χ0) is 80.6. The molecule has 11 amide bonds. The molecule has 620 valence electrons. The Kier molecular flexibility index (Phi) is 31.1. The highest BCUT2D eigenvalue weighted by atomic mass is 16.6. The molecular weight excluding hydrogens is 1430 g/mol. The van der Waals surface area contributed by atoms with Crippen LogP contribution in [0.2, 0.25) is 0 Å². The first kappa shape index (κ1) is 87.0. The molecule has 0 aromatic carbocycles. The van der Waals surface area contributed by atoms with E-state index in [1.807, 2.05) is 66.9 Å². The second-order valence-corrected chi connectivity index (χ2v) is 33.9. The Morgan fingerprint density at radius 3 is 0.964 bits per heavy atom. The molecule has 0 aromatic rings. The van der Waals surface area contributed by atoms with Crippen molar-refractivity contribution < 1.29 is 90.9 Å². The number of rotatable bonds is 45. The summed E-state index contributed by atoms with van der Waals surface area (Å²) in [5, 5.41) is 0. The quantitative estimate of drug-likeness (QED) is 0.0261. The molecule has 0 spiro atoms. The van der Waals surface area contributed by atoms with E-state index < -0.39 is 83.8 Å². The summed E-state index contributed by atoms with van der Waals surface area (Å²) < 4.78 is 22.1. The Bertz CT molecular complexity index is 3390. The number of carbonyl (C=O) groups is 15. The molecule has 111 heavy (non-hydrogen) atoms. The Hall–Kier alpha value is -7.95. The van der Waals surface area contributed by atoms with E-state index in [1.165, 1.54) is 13.8 Å². The van der Waals surface area contributed by atoms with Gasteiger partial charge in [0.05, 0.1) is 10.8 Å². The van der Waals surface area contributed by atoms with Gasteiger partial charge in [0.15, 0.2) is 0 Å². The van der Waals surface area contributed by atoms with E-state index in [-0.39, 0.29) is 199 Å². The molecule has 0 aromatic heterocycles. The van der Waals surface area contributed by atoms with Crippen molar-refractivity contribution in [3.8, 4) is 0 Å². The molecule has 9 aliphatic heterocycles. The molecule has 0 saturated carbocycles. The van der Waals surface area contributed by atoms with Gasteiger partial charge in [0, 0.05) is 183 Å². The lowest BCUT2D eigenvalue weighted by Gasteiger charge is -2.42. The maximum atomic E-state index is 16.2. The van der Waals surface area contributed by atoms with Crippen LogP contribution in [-0.2, 0) is 81.3 Å². The molecule has 9 saturated heterocycles. The zero-order valence-electron chi connectivity index (χ0n) is 67.9. The predicted molar refractivity (Wildman–Crippen MR) is 406 cm³/mol. The number of Topliss-reactive ketones (excluding diaryl/α,β-unsaturated/α-hetero) is 2. The average Bonchev–Trinajstić information content (AvgIpc) is 1.68. The van der Waals surface area contributed by atoms with Crippen molar-refractivity contribution in [3.63, 3.8) is 0 Å². The van der Waals surface area contributed by atoms with E-state index >= 15 is 9.59 Å². The third-order valence-electron chi connectivity index (χ3n) is 25.1. The lowest BCUT2D eigenvalue weighted by atomic mass is 9.75. The highest BCUT2D eigenvalue weighted by molar-refractivity contribution is 5.95. The van der Waals surface area contributed by atoms with Crippen LogP contribution in [0.15, 0.2) is 0 Å². The van der Waals surface area contributed by atoms with Gasteiger partial charge in [-0.15, -0.1) is 0 Å². The molecule has 12 unspecified atom stereocenters. The van der Waals surface area contributed by atoms with Crippen molar-refractivity contribution in [2.24, 2.45) is 10.8 Å². The van der Waals surface area contributed by atoms with Crippen LogP contribution in [0.1, 0.15) is 249 Å². The van der Waals surface area contributed by atoms with Gasteiger partial charge in [-0.25, -0.2) is 9.59 Å². The van der Waals surface area contributed by atoms with Gasteiger partial charge in [-0.05, 0) is 177 Å². The molecule has 30 heteroatoms. The minimum atomic E-state index is -1.33. The maximum Gasteiger partial charge on any atom is 0.320 e. The van der Waals surface area contributed by atoms with Crippen LogP contribution in [0.4, 0.5) is 9.59 Å². The van der Waals surface area contributed by atoms with E-state index in [0.29, 0.717) is 149 Å². The zero-order valence-corrected chi connectivity index (χ0v) is 67.9. The van der Waals surface area contributed by atoms with Crippen LogP contribution in [0.25, 0.3) is 0 Å². The van der Waals surface area contributed by atoms with Gasteiger partial charge < -0.3 is 72.8 Å². The highest BCUT2D eigenvalue weighted by Gasteiger charge is 2.50. The summed E-state index contributed by atoms with van der Waals surface area (Å²) in [6.07, 6.45) is 9.69. The number of ether oxygens (including phenoxy) is 4. The standard InChI is InChI=1S/C81H127N11O19/c1-11-59(85-29-15-22-69(85)97)47-61(42-54(3)82-27-13-20-67(82)95)90-36-37-91(79(90)107)62(43-55(4)83-28-14-21-68(83)96)48-63(87-31-17-24-71(87)99)49-64(50-66(89-33-19-26-73(89)101)51-80(8,9)76(104)110-40-38-108-74(102)45-57(6)93)92-35-34-84(78(92)106)56(5)44-65(88-32-18-25-72(88)100)53-81(10,52-60(12-2)86-30-16-23-70(86)98)77(105)111-41-39-109-75(103)46-58(7)94/h54-56,59-66H,11-53H2,1-10H3. The summed E-state index contributed by atoms with van der Waals surface area (Å²) in [6, 6.07) is -5.86. The van der Waals surface area contributed by atoms with E-state index in [0.717, 1.165) is 12.8 Å². The first-order valence-corrected chi connectivity index (χ1v) is 41.7. The first-order chi connectivity index (χ1) is 52.8. The van der Waals surface area contributed by atoms with Crippen LogP contribution in [-0.4, -0.2) is 308 Å². The fraction of sp³-hybridized carbons (Fsp3) is 0.815. The second-order valence-electron chi connectivity index (χ2n) is 33.9. The number of esters is 4. The van der Waals surface area contributed by atoms with Gasteiger partial charge in [0.25, 0.3) is 0 Å². The lowest BCUT2D eigenvalue weighted by Crippen LogP contribution is -2.53. The SMILES string of the molecule is CCC(CC(CC(C)N1CCCC1=O)N1CCN(C(CC(C)N2CCCC2=O)CC(CC(CC(CC(C)(C)C(=O)OCCOC(=O)CC(C)=O)N2CCCC2=O)N2CCN(C(C)CC(CC(C)(CC(CC)N3CCCC3=O)C(=O)OCCOC(=O)CC(C)=O)N3CCCC3=O)C2=O)N2CCCC2=O)C1=O)N1CCCC1=O. The van der Waals surface area contributed by atoms with Crippen molar-refractivity contribution in [3.05, 3.63) is 0 Å². The van der Waals surface area contributed by atoms with Crippen molar-refractivity contribution in [2.75, 3.05) is 98.4 Å². The molecule has 0 aliphatic carbocycles. The summed E-state index contributed by atoms with van der Waals surface area (Å²) in [5.41, 5.74) is -2.62. The Balaban J connectivity index is 1.07. The van der Waals surface area contributed by atoms with Gasteiger partial charge in [0.2, 0.25) is 41.4 Å². The monoisotopic (exact) mass is 1560 g/mol. The number of hydrogen-bond acceptors (Lipinski definition) is 19. The molecule has 0 bridgehead atoms. The molecule has 9 rings (SSSR count). The van der Waals surface area contributed by atoms with E-state index in [4.69, 9.17) is 18.9 Å². The van der Waals surface area contributed by atoms with Gasteiger partial charge in [-0.2, -0.15) is 0 Å². The summed E-state index contributed by atoms with van der Waals surface area (Å²) >= 11 is 0. The topological polar surface area (TPSA) is 329 Å². The molecule has 9 heterocycles. The number of urea groups is 2. The molecule has 12 atom stereocenters. The van der Waals surface area contributed by atoms with Crippen molar-refractivity contribution >= 4 is 88.9 Å². The number of carbonyl (C=O) groups excluding carboxylic acids is 15. The number of ketones is 2. The normalized spacial score (nSPS) is 22.3. The average molecular weight is 1560 g/mol. The van der Waals surface area contributed by atoms with Gasteiger partial charge in [-0.1, -0.05) is 13.8 Å². The fourth-order valence-electron chi connectivity index (χ4n) is 19.4. The van der Waals surface area contributed by atoms with Crippen LogP contribution in [0.3, 0.4) is 0 Å². The first-order valence-electron chi connectivity index (χ1n) is 41.7. The van der Waals surface area contributed by atoms with Crippen LogP contribution in [0, 0.1) is 10.8 Å². The number of hydrogen-bond donors (Lipinski definition) is 0. The van der Waals surface area contributed by atoms with Crippen LogP contribution in [0.5, 0.6) is 0 Å². The van der Waals surface area contributed by atoms with E-state index in [9.17, 15) is 62.3 Å². The van der Waals surface area contributed by atoms with Gasteiger partial charge in [0.1, 0.15) is 50.8 Å². The molecular formula is C81H127N11O19. The smallest absolute Gasteiger partial charge is 0.320 e. The summed E-state index contributed by atoms with van der Waals surface area (Å²) in [4.78, 5) is 227. The fourth-order valence-corrected chi connectivity index (χ4v) is 19.4. The predicted octanol–water partition coefficient (Wildman–Crippen LogP) is 6.82. The molecule has 9 aliphatic rings. The van der Waals surface area contributed by atoms with Gasteiger partial charge >= 0.3 is 35.9 Å². The van der Waals surface area contributed by atoms with Gasteiger partial charge in [-0.3, -0.25) is 62.3 Å². The summed E-state index contributed by atoms with van der Waals surface area (Å²) in [5.74, 6) is -3.76. The third-order valence-corrected chi connectivity index (χ3v) is 25.1. The molecule has 0 radical (unpaired) electrons. The minimum Gasteiger partial charge on any atom is -0.462 e. The second kappa shape index (κ2) is 39.7. The molecule has 0 N–H and O–H groups in total. The highest BCUT2D eigenvalue weighted by Crippen LogP contribution is 2.41. The molecule has 30 nitrogen and oxygen atoms in total. The van der Waals surface area contributed by atoms with E-state index in [1.54, 1.807) is 35.5 Å². The van der Waals surface area contributed by atoms with E-state index in [2.05, 4.69) is 6.92 Å². The largest absolute Gasteiger partial charge is 0.462 e.